The van der Waals surface area contributed by atoms with E-state index < -0.39 is 23.9 Å². The summed E-state index contributed by atoms with van der Waals surface area (Å²) in [5.74, 6) is -1.33. The predicted octanol–water partition coefficient (Wildman–Crippen LogP) is 3.46. The van der Waals surface area contributed by atoms with Crippen molar-refractivity contribution in [2.45, 2.75) is 37.2 Å². The highest BCUT2D eigenvalue weighted by molar-refractivity contribution is 6.17. The number of ether oxygens (including phenoxy) is 1. The van der Waals surface area contributed by atoms with Crippen LogP contribution < -0.4 is 5.32 Å². The van der Waals surface area contributed by atoms with Crippen molar-refractivity contribution in [1.82, 2.24) is 4.90 Å². The highest BCUT2D eigenvalue weighted by Crippen LogP contribution is 2.50. The Balaban J connectivity index is 1.88. The van der Waals surface area contributed by atoms with Gasteiger partial charge < -0.3 is 15.0 Å². The number of fused-ring (bicyclic) bond motifs is 3. The van der Waals surface area contributed by atoms with Crippen LogP contribution >= 0.6 is 11.6 Å². The lowest BCUT2D eigenvalue weighted by Crippen LogP contribution is -2.51. The topological polar surface area (TPSA) is 41.6 Å². The molecule has 1 aromatic carbocycles. The van der Waals surface area contributed by atoms with Gasteiger partial charge in [0, 0.05) is 36.7 Å². The number of para-hydroxylation sites is 1. The van der Waals surface area contributed by atoms with Gasteiger partial charge in [-0.1, -0.05) is 18.2 Å². The van der Waals surface area contributed by atoms with Gasteiger partial charge in [0.2, 0.25) is 0 Å². The molecule has 4 nitrogen and oxygen atoms in total. The van der Waals surface area contributed by atoms with Gasteiger partial charge in [-0.2, -0.15) is 13.2 Å². The molecule has 8 heteroatoms. The molecule has 2 atom stereocenters. The zero-order chi connectivity index (χ0) is 17.4. The van der Waals surface area contributed by atoms with Crippen molar-refractivity contribution in [3.63, 3.8) is 0 Å². The summed E-state index contributed by atoms with van der Waals surface area (Å²) in [5, 5.41) is 3.04. The molecule has 1 saturated heterocycles. The largest absolute Gasteiger partial charge is 0.471 e. The summed E-state index contributed by atoms with van der Waals surface area (Å²) in [4.78, 5) is 12.6. The van der Waals surface area contributed by atoms with E-state index in [2.05, 4.69) is 5.32 Å². The second-order valence-corrected chi connectivity index (χ2v) is 6.35. The van der Waals surface area contributed by atoms with E-state index in [0.717, 1.165) is 16.9 Å². The molecule has 1 fully saturated rings. The zero-order valence-corrected chi connectivity index (χ0v) is 13.7. The summed E-state index contributed by atoms with van der Waals surface area (Å²) in [6.45, 7) is 0.382. The molecule has 1 aromatic rings. The van der Waals surface area contributed by atoms with Crippen LogP contribution in [0.25, 0.3) is 0 Å². The molecule has 0 unspecified atom stereocenters. The Kier molecular flexibility index (Phi) is 4.66. The number of anilines is 1. The van der Waals surface area contributed by atoms with Crippen molar-refractivity contribution in [1.29, 1.82) is 0 Å². The molecular weight excluding hydrogens is 345 g/mol. The van der Waals surface area contributed by atoms with Crippen LogP contribution in [0.3, 0.4) is 0 Å². The molecule has 0 aromatic heterocycles. The normalized spacial score (nSPS) is 25.3. The molecule has 0 aliphatic carbocycles. The third kappa shape index (κ3) is 2.84. The lowest BCUT2D eigenvalue weighted by molar-refractivity contribution is -0.188. The quantitative estimate of drug-likeness (QED) is 0.644. The van der Waals surface area contributed by atoms with Gasteiger partial charge in [-0.05, 0) is 18.9 Å². The van der Waals surface area contributed by atoms with E-state index in [-0.39, 0.29) is 6.54 Å². The summed E-state index contributed by atoms with van der Waals surface area (Å²) in [5.41, 5.74) is 0.571. The summed E-state index contributed by atoms with van der Waals surface area (Å²) in [6, 6.07) is 7.24. The standard InChI is InChI=1S/C16H18ClF3N2O2/c17-8-3-4-10-24-15-7-9-22(14(23)16(18,19)20)13(15)21-12-6-2-1-5-11(12)15/h1-2,5-6,13,21H,3-4,7-10H2/t13-,15+/m0/s1. The molecule has 2 aliphatic heterocycles. The number of unbranched alkanes of at least 4 members (excludes halogenated alkanes) is 1. The highest BCUT2D eigenvalue weighted by Gasteiger charge is 2.59. The minimum Gasteiger partial charge on any atom is -0.366 e. The van der Waals surface area contributed by atoms with Crippen LogP contribution in [0.5, 0.6) is 0 Å². The predicted molar refractivity (Wildman–Crippen MR) is 83.8 cm³/mol. The van der Waals surface area contributed by atoms with Crippen molar-refractivity contribution in [2.75, 3.05) is 24.3 Å². The first-order valence-corrected chi connectivity index (χ1v) is 8.37. The van der Waals surface area contributed by atoms with Gasteiger partial charge in [0.1, 0.15) is 11.8 Å². The molecular formula is C16H18ClF3N2O2. The highest BCUT2D eigenvalue weighted by atomic mass is 35.5. The maximum atomic E-state index is 12.9. The fraction of sp³-hybridized carbons (Fsp3) is 0.562. The lowest BCUT2D eigenvalue weighted by Gasteiger charge is -2.33. The summed E-state index contributed by atoms with van der Waals surface area (Å²) in [7, 11) is 0. The molecule has 2 aliphatic rings. The van der Waals surface area contributed by atoms with Crippen LogP contribution in [0.4, 0.5) is 18.9 Å². The summed E-state index contributed by atoms with van der Waals surface area (Å²) < 4.78 is 44.7. The number of amides is 1. The van der Waals surface area contributed by atoms with E-state index in [1.807, 2.05) is 12.1 Å². The molecule has 132 valence electrons. The molecule has 1 N–H and O–H groups in total. The van der Waals surface area contributed by atoms with Gasteiger partial charge >= 0.3 is 12.1 Å². The van der Waals surface area contributed by atoms with Gasteiger partial charge in [0.05, 0.1) is 0 Å². The Bertz CT molecular complexity index is 626. The Morgan fingerprint density at radius 2 is 2.12 bits per heavy atom. The smallest absolute Gasteiger partial charge is 0.366 e. The van der Waals surface area contributed by atoms with Crippen molar-refractivity contribution < 1.29 is 22.7 Å². The molecule has 3 rings (SSSR count). The number of rotatable bonds is 5. The first-order chi connectivity index (χ1) is 11.4. The van der Waals surface area contributed by atoms with E-state index in [1.54, 1.807) is 12.1 Å². The van der Waals surface area contributed by atoms with Gasteiger partial charge in [0.25, 0.3) is 0 Å². The summed E-state index contributed by atoms with van der Waals surface area (Å²) in [6.07, 6.45) is -3.94. The van der Waals surface area contributed by atoms with E-state index in [9.17, 15) is 18.0 Å². The average molecular weight is 363 g/mol. The van der Waals surface area contributed by atoms with E-state index in [1.165, 1.54) is 0 Å². The van der Waals surface area contributed by atoms with Crippen LogP contribution in [-0.2, 0) is 15.1 Å². The van der Waals surface area contributed by atoms with Crippen molar-refractivity contribution in [2.24, 2.45) is 0 Å². The van der Waals surface area contributed by atoms with Gasteiger partial charge in [-0.25, -0.2) is 0 Å². The van der Waals surface area contributed by atoms with Crippen molar-refractivity contribution in [3.8, 4) is 0 Å². The molecule has 2 heterocycles. The number of hydrogen-bond donors (Lipinski definition) is 1. The van der Waals surface area contributed by atoms with E-state index in [4.69, 9.17) is 16.3 Å². The van der Waals surface area contributed by atoms with Crippen LogP contribution in [0, 0.1) is 0 Å². The van der Waals surface area contributed by atoms with Crippen LogP contribution in [-0.4, -0.2) is 42.2 Å². The first-order valence-electron chi connectivity index (χ1n) is 7.84. The second-order valence-electron chi connectivity index (χ2n) is 5.97. The van der Waals surface area contributed by atoms with Crippen LogP contribution in [0.2, 0.25) is 0 Å². The Morgan fingerprint density at radius 3 is 2.83 bits per heavy atom. The minimum atomic E-state index is -4.90. The SMILES string of the molecule is O=C(N1CC[C@@]2(OCCCCCl)c3ccccc3N[C@@H]12)C(F)(F)F. The van der Waals surface area contributed by atoms with Crippen LogP contribution in [0.15, 0.2) is 24.3 Å². The van der Waals surface area contributed by atoms with E-state index in [0.29, 0.717) is 31.0 Å². The monoisotopic (exact) mass is 362 g/mol. The number of carbonyl (C=O) groups is 1. The van der Waals surface area contributed by atoms with Crippen molar-refractivity contribution in [3.05, 3.63) is 29.8 Å². The Labute approximate surface area is 142 Å². The van der Waals surface area contributed by atoms with Crippen molar-refractivity contribution >= 4 is 23.2 Å². The van der Waals surface area contributed by atoms with Gasteiger partial charge in [-0.3, -0.25) is 4.79 Å². The second kappa shape index (κ2) is 6.44. The molecule has 0 radical (unpaired) electrons. The number of likely N-dealkylation sites (tertiary alicyclic amines) is 1. The summed E-state index contributed by atoms with van der Waals surface area (Å²) >= 11 is 5.66. The number of nitrogens with one attached hydrogen (secondary N) is 1. The number of hydrogen-bond acceptors (Lipinski definition) is 3. The number of carbonyl (C=O) groups excluding carboxylic acids is 1. The molecule has 0 spiro atoms. The molecule has 24 heavy (non-hydrogen) atoms. The average Bonchev–Trinajstić information content (AvgIpc) is 3.04. The number of halogens is 4. The van der Waals surface area contributed by atoms with Gasteiger partial charge in [0.15, 0.2) is 0 Å². The number of alkyl halides is 4. The Hall–Kier alpha value is -1.47. The molecule has 0 bridgehead atoms. The zero-order valence-electron chi connectivity index (χ0n) is 12.9. The number of benzene rings is 1. The minimum absolute atomic E-state index is 0.000148. The fourth-order valence-corrected chi connectivity index (χ4v) is 3.66. The first kappa shape index (κ1) is 17.4. The number of nitrogens with zero attached hydrogens (tertiary/aromatic N) is 1. The maximum Gasteiger partial charge on any atom is 0.471 e. The van der Waals surface area contributed by atoms with E-state index >= 15 is 0 Å². The maximum absolute atomic E-state index is 12.9. The van der Waals surface area contributed by atoms with Crippen LogP contribution in [0.1, 0.15) is 24.8 Å². The van der Waals surface area contributed by atoms with Gasteiger partial charge in [-0.15, -0.1) is 11.6 Å². The molecule has 1 amide bonds. The fourth-order valence-electron chi connectivity index (χ4n) is 3.47. The lowest BCUT2D eigenvalue weighted by atomic mass is 9.92. The molecule has 0 saturated carbocycles. The third-order valence-electron chi connectivity index (χ3n) is 4.54. The Morgan fingerprint density at radius 1 is 1.38 bits per heavy atom. The third-order valence-corrected chi connectivity index (χ3v) is 4.81.